The second kappa shape index (κ2) is 13.6. The molecule has 4 unspecified atom stereocenters. The molecule has 2 amide bonds. The molecule has 1 fully saturated rings. The first-order chi connectivity index (χ1) is 20.9. The molecular weight excluding hydrogens is 556 g/mol. The summed E-state index contributed by atoms with van der Waals surface area (Å²) in [5.74, 6) is -3.92. The van der Waals surface area contributed by atoms with E-state index in [4.69, 9.17) is 9.47 Å². The third kappa shape index (κ3) is 7.13. The van der Waals surface area contributed by atoms with Crippen molar-refractivity contribution in [2.75, 3.05) is 24.4 Å². The Balaban J connectivity index is 1.81. The van der Waals surface area contributed by atoms with Gasteiger partial charge in [0.25, 0.3) is 0 Å². The van der Waals surface area contributed by atoms with Crippen LogP contribution in [0.15, 0.2) is 54.6 Å². The molecule has 0 heterocycles. The largest absolute Gasteiger partial charge is 0.493 e. The van der Waals surface area contributed by atoms with E-state index in [0.717, 1.165) is 35.1 Å². The average molecular weight is 601 g/mol. The van der Waals surface area contributed by atoms with Crippen LogP contribution < -0.4 is 20.1 Å². The van der Waals surface area contributed by atoms with Gasteiger partial charge in [-0.2, -0.15) is 0 Å². The summed E-state index contributed by atoms with van der Waals surface area (Å²) in [7, 11) is 1.52. The zero-order chi connectivity index (χ0) is 32.2. The quantitative estimate of drug-likeness (QED) is 0.183. The first-order valence-electron chi connectivity index (χ1n) is 15.2. The molecule has 3 aromatic carbocycles. The molecule has 0 spiro atoms. The lowest BCUT2D eigenvalue weighted by molar-refractivity contribution is -0.150. The zero-order valence-electron chi connectivity index (χ0n) is 26.7. The van der Waals surface area contributed by atoms with Crippen molar-refractivity contribution < 1.29 is 29.0 Å². The van der Waals surface area contributed by atoms with Gasteiger partial charge >= 0.3 is 0 Å². The number of carbonyl (C=O) groups is 3. The number of nitrogens with one attached hydrogen (secondary N) is 2. The van der Waals surface area contributed by atoms with Crippen LogP contribution in [0, 0.1) is 39.5 Å². The molecule has 44 heavy (non-hydrogen) atoms. The van der Waals surface area contributed by atoms with Crippen LogP contribution >= 0.6 is 0 Å². The number of carbonyl (C=O) groups excluding carboxylic acids is 3. The minimum Gasteiger partial charge on any atom is -0.493 e. The Morgan fingerprint density at radius 1 is 0.886 bits per heavy atom. The van der Waals surface area contributed by atoms with Crippen molar-refractivity contribution in [1.29, 1.82) is 0 Å². The number of rotatable bonds is 10. The summed E-state index contributed by atoms with van der Waals surface area (Å²) in [5, 5.41) is 17.6. The van der Waals surface area contributed by atoms with Gasteiger partial charge in [-0.3, -0.25) is 14.4 Å². The molecule has 0 aromatic heterocycles. The SMILES string of the molecule is CCCCOc1ccc(C2C(C(=O)Nc3ccc(C)cc3C)C(=O)CC(C)(O)C2C(=O)Nc2ccc(C)cc2C)cc1OC. The van der Waals surface area contributed by atoms with Crippen molar-refractivity contribution in [3.8, 4) is 11.5 Å². The second-order valence-corrected chi connectivity index (χ2v) is 12.2. The smallest absolute Gasteiger partial charge is 0.235 e. The van der Waals surface area contributed by atoms with E-state index in [0.29, 0.717) is 35.0 Å². The zero-order valence-corrected chi connectivity index (χ0v) is 26.7. The highest BCUT2D eigenvalue weighted by atomic mass is 16.5. The van der Waals surface area contributed by atoms with Gasteiger partial charge in [0, 0.05) is 23.7 Å². The molecule has 234 valence electrons. The molecule has 0 saturated heterocycles. The maximum Gasteiger partial charge on any atom is 0.235 e. The first kappa shape index (κ1) is 32.7. The number of amides is 2. The van der Waals surface area contributed by atoms with Gasteiger partial charge in [0.2, 0.25) is 11.8 Å². The first-order valence-corrected chi connectivity index (χ1v) is 15.2. The van der Waals surface area contributed by atoms with E-state index in [2.05, 4.69) is 17.6 Å². The van der Waals surface area contributed by atoms with Gasteiger partial charge in [-0.25, -0.2) is 0 Å². The van der Waals surface area contributed by atoms with Crippen LogP contribution in [0.1, 0.15) is 66.8 Å². The number of aliphatic hydroxyl groups is 1. The highest BCUT2D eigenvalue weighted by molar-refractivity contribution is 6.10. The van der Waals surface area contributed by atoms with Crippen LogP contribution in [0.5, 0.6) is 11.5 Å². The number of methoxy groups -OCH3 is 1. The minimum absolute atomic E-state index is 0.352. The molecule has 1 aliphatic rings. The monoisotopic (exact) mass is 600 g/mol. The van der Waals surface area contributed by atoms with E-state index in [9.17, 15) is 19.5 Å². The lowest BCUT2D eigenvalue weighted by Crippen LogP contribution is -2.56. The van der Waals surface area contributed by atoms with Crippen molar-refractivity contribution in [2.45, 2.75) is 72.3 Å². The van der Waals surface area contributed by atoms with Gasteiger partial charge in [-0.05, 0) is 82.0 Å². The molecular formula is C36H44N2O6. The standard InChI is InChI=1S/C36H44N2O6/c1-8-9-16-44-29-15-12-25(19-30(29)43-7)31-32(34(40)37-26-13-10-21(2)17-23(26)4)28(39)20-36(6,42)33(31)35(41)38-27-14-11-22(3)18-24(27)5/h10-15,17-19,31-33,42H,8-9,16,20H2,1-7H3,(H,37,40)(H,38,41). The number of unbranched alkanes of at least 4 members (excludes halogenated alkanes) is 1. The average Bonchev–Trinajstić information content (AvgIpc) is 2.95. The number of aryl methyl sites for hydroxylation is 4. The number of benzene rings is 3. The predicted octanol–water partition coefficient (Wildman–Crippen LogP) is 6.42. The van der Waals surface area contributed by atoms with E-state index >= 15 is 0 Å². The third-order valence-electron chi connectivity index (χ3n) is 8.44. The van der Waals surface area contributed by atoms with Gasteiger partial charge in [-0.15, -0.1) is 0 Å². The Labute approximate surface area is 260 Å². The van der Waals surface area contributed by atoms with Gasteiger partial charge in [0.1, 0.15) is 11.7 Å². The highest BCUT2D eigenvalue weighted by Gasteiger charge is 2.56. The fraction of sp³-hybridized carbons (Fsp3) is 0.417. The summed E-state index contributed by atoms with van der Waals surface area (Å²) in [6.07, 6.45) is 1.48. The lowest BCUT2D eigenvalue weighted by atomic mass is 9.61. The third-order valence-corrected chi connectivity index (χ3v) is 8.44. The Morgan fingerprint density at radius 3 is 2.02 bits per heavy atom. The Hall–Kier alpha value is -4.17. The fourth-order valence-corrected chi connectivity index (χ4v) is 6.16. The number of hydrogen-bond acceptors (Lipinski definition) is 6. The van der Waals surface area contributed by atoms with Gasteiger partial charge < -0.3 is 25.2 Å². The summed E-state index contributed by atoms with van der Waals surface area (Å²) < 4.78 is 11.6. The van der Waals surface area contributed by atoms with Crippen molar-refractivity contribution in [3.05, 3.63) is 82.4 Å². The normalized spacial score (nSPS) is 21.5. The maximum absolute atomic E-state index is 14.2. The van der Waals surface area contributed by atoms with Crippen molar-refractivity contribution in [1.82, 2.24) is 0 Å². The van der Waals surface area contributed by atoms with Crippen molar-refractivity contribution in [2.24, 2.45) is 11.8 Å². The van der Waals surface area contributed by atoms with E-state index in [1.54, 1.807) is 24.3 Å². The highest BCUT2D eigenvalue weighted by Crippen LogP contribution is 2.48. The molecule has 4 rings (SSSR count). The van der Waals surface area contributed by atoms with Gasteiger partial charge in [-0.1, -0.05) is 54.8 Å². The van der Waals surface area contributed by atoms with Crippen LogP contribution in [0.4, 0.5) is 11.4 Å². The molecule has 4 atom stereocenters. The van der Waals surface area contributed by atoms with Gasteiger partial charge in [0.05, 0.1) is 25.2 Å². The molecule has 0 aliphatic heterocycles. The topological polar surface area (TPSA) is 114 Å². The molecule has 1 aliphatic carbocycles. The van der Waals surface area contributed by atoms with E-state index in [1.165, 1.54) is 14.0 Å². The summed E-state index contributed by atoms with van der Waals surface area (Å²) >= 11 is 0. The Kier molecular flexibility index (Phi) is 10.1. The Morgan fingerprint density at radius 2 is 1.48 bits per heavy atom. The molecule has 3 N–H and O–H groups in total. The number of Topliss-reactive ketones (excluding diaryl/α,β-unsaturated/α-hetero) is 1. The van der Waals surface area contributed by atoms with Gasteiger partial charge in [0.15, 0.2) is 11.5 Å². The summed E-state index contributed by atoms with van der Waals surface area (Å²) in [6.45, 7) is 11.8. The molecule has 1 saturated carbocycles. The number of anilines is 2. The molecule has 0 radical (unpaired) electrons. The number of ether oxygens (including phenoxy) is 2. The van der Waals surface area contributed by atoms with E-state index in [1.807, 2.05) is 58.0 Å². The number of hydrogen-bond donors (Lipinski definition) is 3. The van der Waals surface area contributed by atoms with Crippen LogP contribution in [0.3, 0.4) is 0 Å². The molecule has 3 aromatic rings. The van der Waals surface area contributed by atoms with Crippen LogP contribution in [0.2, 0.25) is 0 Å². The van der Waals surface area contributed by atoms with Crippen LogP contribution in [-0.2, 0) is 14.4 Å². The summed E-state index contributed by atoms with van der Waals surface area (Å²) in [6, 6.07) is 16.5. The molecule has 8 heteroatoms. The Bertz CT molecular complexity index is 1550. The predicted molar refractivity (Wildman–Crippen MR) is 172 cm³/mol. The lowest BCUT2D eigenvalue weighted by Gasteiger charge is -2.44. The molecule has 8 nitrogen and oxygen atoms in total. The number of ketones is 1. The van der Waals surface area contributed by atoms with Crippen LogP contribution in [-0.4, -0.2) is 42.0 Å². The van der Waals surface area contributed by atoms with E-state index < -0.39 is 41.0 Å². The van der Waals surface area contributed by atoms with Crippen molar-refractivity contribution >= 4 is 29.0 Å². The van der Waals surface area contributed by atoms with E-state index in [-0.39, 0.29) is 6.42 Å². The van der Waals surface area contributed by atoms with Crippen LogP contribution in [0.25, 0.3) is 0 Å². The summed E-state index contributed by atoms with van der Waals surface area (Å²) in [4.78, 5) is 41.9. The summed E-state index contributed by atoms with van der Waals surface area (Å²) in [5.41, 5.74) is 3.76. The molecule has 0 bridgehead atoms. The fourth-order valence-electron chi connectivity index (χ4n) is 6.16. The maximum atomic E-state index is 14.2. The minimum atomic E-state index is -1.73. The second-order valence-electron chi connectivity index (χ2n) is 12.2. The van der Waals surface area contributed by atoms with Crippen molar-refractivity contribution in [3.63, 3.8) is 0 Å².